The molecular weight excluding hydrogens is 444 g/mol. The van der Waals surface area contributed by atoms with E-state index in [1.165, 1.54) is 4.31 Å². The Bertz CT molecular complexity index is 1450. The Morgan fingerprint density at radius 1 is 0.853 bits per heavy atom. The zero-order chi connectivity index (χ0) is 23.7. The first-order chi connectivity index (χ1) is 16.4. The fourth-order valence-electron chi connectivity index (χ4n) is 4.87. The van der Waals surface area contributed by atoms with Crippen molar-refractivity contribution in [3.05, 3.63) is 90.5 Å². The van der Waals surface area contributed by atoms with Crippen molar-refractivity contribution in [2.75, 3.05) is 13.1 Å². The Morgan fingerprint density at radius 2 is 1.50 bits per heavy atom. The van der Waals surface area contributed by atoms with Gasteiger partial charge in [0.15, 0.2) is 0 Å². The molecule has 0 bridgehead atoms. The molecule has 1 N–H and O–H groups in total. The number of carbonyl (C=O) groups is 1. The minimum atomic E-state index is -3.59. The quantitative estimate of drug-likeness (QED) is 0.430. The largest absolute Gasteiger partial charge is 0.349 e. The van der Waals surface area contributed by atoms with E-state index in [4.69, 9.17) is 0 Å². The molecule has 1 saturated heterocycles. The van der Waals surface area contributed by atoms with Gasteiger partial charge in [0.1, 0.15) is 0 Å². The van der Waals surface area contributed by atoms with E-state index in [9.17, 15) is 13.2 Å². The summed E-state index contributed by atoms with van der Waals surface area (Å²) in [5.74, 6) is -0.205. The highest BCUT2D eigenvalue weighted by molar-refractivity contribution is 7.89. The smallest absolute Gasteiger partial charge is 0.243 e. The lowest BCUT2D eigenvalue weighted by Crippen LogP contribution is -2.43. The topological polar surface area (TPSA) is 66.5 Å². The van der Waals surface area contributed by atoms with Gasteiger partial charge in [0.25, 0.3) is 0 Å². The van der Waals surface area contributed by atoms with Gasteiger partial charge in [-0.1, -0.05) is 72.8 Å². The molecule has 174 valence electrons. The van der Waals surface area contributed by atoms with Crippen LogP contribution in [0, 0.1) is 5.92 Å². The van der Waals surface area contributed by atoms with E-state index < -0.39 is 10.0 Å². The molecule has 1 amide bonds. The van der Waals surface area contributed by atoms with Crippen molar-refractivity contribution < 1.29 is 13.2 Å². The molecular formula is C28H28N2O3S. The molecule has 6 heteroatoms. The lowest BCUT2D eigenvalue weighted by molar-refractivity contribution is -0.126. The lowest BCUT2D eigenvalue weighted by Gasteiger charge is -2.31. The summed E-state index contributed by atoms with van der Waals surface area (Å²) in [4.78, 5) is 13.3. The van der Waals surface area contributed by atoms with Crippen LogP contribution in [-0.4, -0.2) is 31.7 Å². The Hall–Kier alpha value is -3.22. The van der Waals surface area contributed by atoms with E-state index in [1.807, 2.05) is 61.5 Å². The maximum atomic E-state index is 13.2. The average Bonchev–Trinajstić information content (AvgIpc) is 2.88. The van der Waals surface area contributed by atoms with Crippen LogP contribution in [0.3, 0.4) is 0 Å². The van der Waals surface area contributed by atoms with E-state index in [2.05, 4.69) is 23.5 Å². The summed E-state index contributed by atoms with van der Waals surface area (Å²) in [6, 6.07) is 27.1. The molecule has 34 heavy (non-hydrogen) atoms. The van der Waals surface area contributed by atoms with E-state index >= 15 is 0 Å². The summed E-state index contributed by atoms with van der Waals surface area (Å²) in [6.45, 7) is 2.69. The van der Waals surface area contributed by atoms with Crippen LogP contribution < -0.4 is 5.32 Å². The molecule has 1 fully saturated rings. The van der Waals surface area contributed by atoms with Gasteiger partial charge in [0, 0.05) is 19.0 Å². The summed E-state index contributed by atoms with van der Waals surface area (Å²) in [6.07, 6.45) is 1.03. The molecule has 0 spiro atoms. The van der Waals surface area contributed by atoms with E-state index in [1.54, 1.807) is 12.1 Å². The first kappa shape index (κ1) is 22.6. The van der Waals surface area contributed by atoms with Crippen LogP contribution in [-0.2, 0) is 14.8 Å². The number of sulfonamides is 1. The zero-order valence-corrected chi connectivity index (χ0v) is 20.0. The summed E-state index contributed by atoms with van der Waals surface area (Å²) >= 11 is 0. The number of hydrogen-bond acceptors (Lipinski definition) is 3. The minimum absolute atomic E-state index is 0.0109. The number of nitrogens with one attached hydrogen (secondary N) is 1. The first-order valence-electron chi connectivity index (χ1n) is 11.7. The zero-order valence-electron chi connectivity index (χ0n) is 19.1. The number of hydrogen-bond donors (Lipinski definition) is 1. The first-order valence-corrected chi connectivity index (χ1v) is 13.1. The second kappa shape index (κ2) is 9.20. The maximum absolute atomic E-state index is 13.2. The number of benzene rings is 4. The fourth-order valence-corrected chi connectivity index (χ4v) is 6.38. The third-order valence-corrected chi connectivity index (χ3v) is 8.73. The normalized spacial score (nSPS) is 16.5. The van der Waals surface area contributed by atoms with E-state index in [-0.39, 0.29) is 17.9 Å². The van der Waals surface area contributed by atoms with Crippen molar-refractivity contribution in [1.82, 2.24) is 9.62 Å². The summed E-state index contributed by atoms with van der Waals surface area (Å²) in [5.41, 5.74) is 1.09. The minimum Gasteiger partial charge on any atom is -0.349 e. The maximum Gasteiger partial charge on any atom is 0.243 e. The van der Waals surface area contributed by atoms with Crippen LogP contribution in [0.5, 0.6) is 0 Å². The molecule has 1 aliphatic heterocycles. The summed E-state index contributed by atoms with van der Waals surface area (Å²) in [7, 11) is -3.59. The van der Waals surface area contributed by atoms with Crippen LogP contribution in [0.1, 0.15) is 31.4 Å². The third-order valence-electron chi connectivity index (χ3n) is 6.83. The molecule has 4 aromatic carbocycles. The highest BCUT2D eigenvalue weighted by atomic mass is 32.2. The molecule has 0 radical (unpaired) electrons. The molecule has 5 rings (SSSR count). The number of fused-ring (bicyclic) bond motifs is 2. The van der Waals surface area contributed by atoms with Gasteiger partial charge in [-0.3, -0.25) is 4.79 Å². The lowest BCUT2D eigenvalue weighted by atomic mass is 9.95. The Balaban J connectivity index is 1.25. The van der Waals surface area contributed by atoms with Gasteiger partial charge >= 0.3 is 0 Å². The second-order valence-electron chi connectivity index (χ2n) is 8.99. The molecule has 1 heterocycles. The van der Waals surface area contributed by atoms with Crippen molar-refractivity contribution in [3.8, 4) is 0 Å². The van der Waals surface area contributed by atoms with Gasteiger partial charge < -0.3 is 5.32 Å². The van der Waals surface area contributed by atoms with Crippen LogP contribution in [0.4, 0.5) is 0 Å². The highest BCUT2D eigenvalue weighted by Gasteiger charge is 2.32. The van der Waals surface area contributed by atoms with E-state index in [0.29, 0.717) is 30.8 Å². The fraction of sp³-hybridized carbons (Fsp3) is 0.250. The molecule has 1 unspecified atom stereocenters. The van der Waals surface area contributed by atoms with Crippen molar-refractivity contribution in [2.45, 2.75) is 30.7 Å². The van der Waals surface area contributed by atoms with Crippen LogP contribution >= 0.6 is 0 Å². The van der Waals surface area contributed by atoms with Crippen molar-refractivity contribution in [1.29, 1.82) is 0 Å². The molecule has 0 aliphatic carbocycles. The van der Waals surface area contributed by atoms with Gasteiger partial charge in [-0.05, 0) is 59.0 Å². The summed E-state index contributed by atoms with van der Waals surface area (Å²) < 4.78 is 27.9. The molecule has 1 aliphatic rings. The van der Waals surface area contributed by atoms with Crippen molar-refractivity contribution in [3.63, 3.8) is 0 Å². The number of carbonyl (C=O) groups excluding carboxylic acids is 1. The standard InChI is InChI=1S/C28H28N2O3S/c1-20(26-12-6-10-22-8-4-5-11-27(22)26)29-28(31)23-15-17-30(18-16-23)34(32,33)25-14-13-21-7-2-3-9-24(21)19-25/h2-14,19-20,23H,15-18H2,1H3,(H,29,31). The average molecular weight is 473 g/mol. The number of piperidine rings is 1. The predicted molar refractivity (Wildman–Crippen MR) is 136 cm³/mol. The highest BCUT2D eigenvalue weighted by Crippen LogP contribution is 2.28. The molecule has 1 atom stereocenters. The predicted octanol–water partition coefficient (Wildman–Crippen LogP) is 5.27. The molecule has 0 aromatic heterocycles. The Kier molecular flexibility index (Phi) is 6.11. The van der Waals surface area contributed by atoms with E-state index in [0.717, 1.165) is 27.1 Å². The Morgan fingerprint density at radius 3 is 2.26 bits per heavy atom. The third kappa shape index (κ3) is 4.31. The van der Waals surface area contributed by atoms with Crippen LogP contribution in [0.15, 0.2) is 89.8 Å². The van der Waals surface area contributed by atoms with Gasteiger partial charge in [-0.25, -0.2) is 8.42 Å². The second-order valence-corrected chi connectivity index (χ2v) is 10.9. The van der Waals surface area contributed by atoms with Gasteiger partial charge in [0.2, 0.25) is 15.9 Å². The van der Waals surface area contributed by atoms with Crippen molar-refractivity contribution >= 4 is 37.5 Å². The number of amides is 1. The number of nitrogens with zero attached hydrogens (tertiary/aromatic N) is 1. The molecule has 5 nitrogen and oxygen atoms in total. The number of rotatable bonds is 5. The van der Waals surface area contributed by atoms with Crippen molar-refractivity contribution in [2.24, 2.45) is 5.92 Å². The van der Waals surface area contributed by atoms with Gasteiger partial charge in [-0.15, -0.1) is 0 Å². The van der Waals surface area contributed by atoms with Gasteiger partial charge in [0.05, 0.1) is 10.9 Å². The van der Waals surface area contributed by atoms with Gasteiger partial charge in [-0.2, -0.15) is 4.31 Å². The molecule has 4 aromatic rings. The van der Waals surface area contributed by atoms with Crippen LogP contribution in [0.25, 0.3) is 21.5 Å². The summed E-state index contributed by atoms with van der Waals surface area (Å²) in [5, 5.41) is 7.35. The van der Waals surface area contributed by atoms with Crippen LogP contribution in [0.2, 0.25) is 0 Å². The molecule has 0 saturated carbocycles. The Labute approximate surface area is 200 Å². The SMILES string of the molecule is CC(NC(=O)C1CCN(S(=O)(=O)c2ccc3ccccc3c2)CC1)c1cccc2ccccc12. The monoisotopic (exact) mass is 472 g/mol.